The molecule has 2 N–H and O–H groups in total. The van der Waals surface area contributed by atoms with Gasteiger partial charge in [0.1, 0.15) is 0 Å². The molecule has 0 aromatic heterocycles. The fourth-order valence-electron chi connectivity index (χ4n) is 2.93. The Kier molecular flexibility index (Phi) is 1.61. The molecule has 1 saturated carbocycles. The Hall–Kier alpha value is -0.340. The van der Waals surface area contributed by atoms with Gasteiger partial charge in [-0.05, 0) is 23.3 Å². The van der Waals surface area contributed by atoms with Gasteiger partial charge in [-0.25, -0.2) is 0 Å². The number of aliphatic hydroxyl groups excluding tert-OH is 2. The van der Waals surface area contributed by atoms with Crippen LogP contribution in [0.2, 0.25) is 0 Å². The third-order valence-electron chi connectivity index (χ3n) is 3.73. The summed E-state index contributed by atoms with van der Waals surface area (Å²) in [6.07, 6.45) is 2.82. The third kappa shape index (κ3) is 0.771. The molecule has 2 bridgehead atoms. The van der Waals surface area contributed by atoms with Crippen molar-refractivity contribution in [1.29, 1.82) is 0 Å². The summed E-state index contributed by atoms with van der Waals surface area (Å²) in [5, 5.41) is 18.8. The van der Waals surface area contributed by atoms with Crippen LogP contribution in [0.3, 0.4) is 0 Å². The zero-order valence-corrected chi connectivity index (χ0v) is 7.62. The Morgan fingerprint density at radius 2 is 2.25 bits per heavy atom. The van der Waals surface area contributed by atoms with Crippen molar-refractivity contribution >= 4 is 0 Å². The molecule has 0 radical (unpaired) electrons. The molecule has 0 aliphatic heterocycles. The molecule has 3 aliphatic carbocycles. The minimum Gasteiger partial charge on any atom is -0.392 e. The summed E-state index contributed by atoms with van der Waals surface area (Å²) in [5.41, 5.74) is 1.24. The summed E-state index contributed by atoms with van der Waals surface area (Å²) in [5.74, 6) is 0.624. The van der Waals surface area contributed by atoms with Crippen molar-refractivity contribution in [3.8, 4) is 0 Å². The van der Waals surface area contributed by atoms with Crippen LogP contribution >= 0.6 is 0 Å². The van der Waals surface area contributed by atoms with Gasteiger partial charge in [-0.1, -0.05) is 19.9 Å². The highest BCUT2D eigenvalue weighted by atomic mass is 16.3. The van der Waals surface area contributed by atoms with Gasteiger partial charge in [0.15, 0.2) is 0 Å². The molecule has 0 saturated heterocycles. The molecular weight excluding hydrogens is 152 g/mol. The van der Waals surface area contributed by atoms with Gasteiger partial charge in [-0.3, -0.25) is 0 Å². The number of rotatable bonds is 1. The predicted octanol–water partition coefficient (Wildman–Crippen LogP) is 0.942. The van der Waals surface area contributed by atoms with Crippen LogP contribution in [0.4, 0.5) is 0 Å². The van der Waals surface area contributed by atoms with Gasteiger partial charge in [-0.15, -0.1) is 0 Å². The highest BCUT2D eigenvalue weighted by molar-refractivity contribution is 5.27. The summed E-state index contributed by atoms with van der Waals surface area (Å²) >= 11 is 0. The Morgan fingerprint density at radius 1 is 1.58 bits per heavy atom. The van der Waals surface area contributed by atoms with E-state index in [1.165, 1.54) is 0 Å². The Labute approximate surface area is 72.9 Å². The van der Waals surface area contributed by atoms with Crippen molar-refractivity contribution in [2.45, 2.75) is 26.4 Å². The number of fused-ring (bicyclic) bond motifs is 1. The van der Waals surface area contributed by atoms with E-state index in [-0.39, 0.29) is 24.0 Å². The van der Waals surface area contributed by atoms with Crippen LogP contribution in [0.5, 0.6) is 0 Å². The molecule has 3 aliphatic rings. The van der Waals surface area contributed by atoms with E-state index in [2.05, 4.69) is 19.9 Å². The highest BCUT2D eigenvalue weighted by Crippen LogP contribution is 2.58. The first-order valence-electron chi connectivity index (χ1n) is 4.57. The lowest BCUT2D eigenvalue weighted by Gasteiger charge is -2.59. The van der Waals surface area contributed by atoms with E-state index >= 15 is 0 Å². The van der Waals surface area contributed by atoms with E-state index in [0.29, 0.717) is 5.92 Å². The largest absolute Gasteiger partial charge is 0.392 e. The second kappa shape index (κ2) is 2.33. The lowest BCUT2D eigenvalue weighted by molar-refractivity contribution is -0.147. The van der Waals surface area contributed by atoms with Crippen molar-refractivity contribution in [2.24, 2.45) is 17.3 Å². The van der Waals surface area contributed by atoms with Crippen LogP contribution in [0.1, 0.15) is 20.3 Å². The molecule has 2 heteroatoms. The first-order chi connectivity index (χ1) is 5.59. The molecule has 0 aromatic rings. The predicted molar refractivity (Wildman–Crippen MR) is 46.6 cm³/mol. The molecule has 68 valence electrons. The van der Waals surface area contributed by atoms with Gasteiger partial charge >= 0.3 is 0 Å². The van der Waals surface area contributed by atoms with Crippen LogP contribution in [-0.2, 0) is 0 Å². The Morgan fingerprint density at radius 3 is 2.58 bits per heavy atom. The highest BCUT2D eigenvalue weighted by Gasteiger charge is 2.58. The molecular formula is C10H16O2. The fourth-order valence-corrected chi connectivity index (χ4v) is 2.93. The van der Waals surface area contributed by atoms with Crippen molar-refractivity contribution in [3.63, 3.8) is 0 Å². The molecule has 1 fully saturated rings. The molecule has 0 heterocycles. The first-order valence-corrected chi connectivity index (χ1v) is 4.57. The average molecular weight is 168 g/mol. The van der Waals surface area contributed by atoms with E-state index in [9.17, 15) is 5.11 Å². The number of hydrogen-bond acceptors (Lipinski definition) is 2. The van der Waals surface area contributed by atoms with Gasteiger partial charge in [0.05, 0.1) is 12.7 Å². The Balaban J connectivity index is 2.29. The second-order valence-electron chi connectivity index (χ2n) is 4.57. The zero-order valence-electron chi connectivity index (χ0n) is 7.62. The smallest absolute Gasteiger partial charge is 0.0648 e. The van der Waals surface area contributed by atoms with Crippen LogP contribution < -0.4 is 0 Å². The van der Waals surface area contributed by atoms with Crippen LogP contribution in [0, 0.1) is 17.3 Å². The minimum atomic E-state index is -0.202. The first kappa shape index (κ1) is 8.27. The summed E-state index contributed by atoms with van der Waals surface area (Å²) in [7, 11) is 0. The average Bonchev–Trinajstić information content (AvgIpc) is 2.04. The topological polar surface area (TPSA) is 40.5 Å². The summed E-state index contributed by atoms with van der Waals surface area (Å²) in [6.45, 7) is 4.47. The molecule has 3 rings (SSSR count). The lowest BCUT2D eigenvalue weighted by atomic mass is 9.47. The zero-order chi connectivity index (χ0) is 8.93. The molecule has 3 atom stereocenters. The van der Waals surface area contributed by atoms with Gasteiger partial charge < -0.3 is 10.2 Å². The molecule has 0 amide bonds. The second-order valence-corrected chi connectivity index (χ2v) is 4.57. The fraction of sp³-hybridized carbons (Fsp3) is 0.800. The monoisotopic (exact) mass is 168 g/mol. The van der Waals surface area contributed by atoms with Gasteiger partial charge in [0, 0.05) is 5.92 Å². The molecule has 0 spiro atoms. The molecule has 0 unspecified atom stereocenters. The summed E-state index contributed by atoms with van der Waals surface area (Å²) in [4.78, 5) is 0. The van der Waals surface area contributed by atoms with Gasteiger partial charge in [0.2, 0.25) is 0 Å². The van der Waals surface area contributed by atoms with Crippen LogP contribution in [-0.4, -0.2) is 22.9 Å². The van der Waals surface area contributed by atoms with Crippen molar-refractivity contribution in [3.05, 3.63) is 11.6 Å². The normalized spacial score (nSPS) is 43.3. The summed E-state index contributed by atoms with van der Waals surface area (Å²) in [6, 6.07) is 0. The number of aliphatic hydroxyl groups is 2. The number of allylic oxidation sites excluding steroid dienone is 1. The van der Waals surface area contributed by atoms with Crippen LogP contribution in [0.25, 0.3) is 0 Å². The van der Waals surface area contributed by atoms with Crippen molar-refractivity contribution in [1.82, 2.24) is 0 Å². The quantitative estimate of drug-likeness (QED) is 0.572. The maximum atomic E-state index is 9.71. The van der Waals surface area contributed by atoms with Crippen molar-refractivity contribution < 1.29 is 10.2 Å². The Bertz CT molecular complexity index is 230. The van der Waals surface area contributed by atoms with Gasteiger partial charge in [0.25, 0.3) is 0 Å². The molecule has 12 heavy (non-hydrogen) atoms. The maximum absolute atomic E-state index is 9.71. The van der Waals surface area contributed by atoms with E-state index in [0.717, 1.165) is 12.0 Å². The SMILES string of the molecule is CC1(C)[C@@H]2C(CO)=CC[C@H]1[C@@H]2O. The van der Waals surface area contributed by atoms with Crippen molar-refractivity contribution in [2.75, 3.05) is 6.61 Å². The van der Waals surface area contributed by atoms with E-state index in [4.69, 9.17) is 5.11 Å². The maximum Gasteiger partial charge on any atom is 0.0648 e. The molecule has 2 nitrogen and oxygen atoms in total. The molecule has 0 aromatic carbocycles. The lowest BCUT2D eigenvalue weighted by Crippen LogP contribution is -2.60. The van der Waals surface area contributed by atoms with E-state index in [1.807, 2.05) is 0 Å². The standard InChI is InChI=1S/C10H16O2/c1-10(2)7-4-3-6(5-11)8(10)9(7)12/h3,7-9,11-12H,4-5H2,1-2H3/t7-,8+,9-/m0/s1. The van der Waals surface area contributed by atoms with E-state index < -0.39 is 0 Å². The summed E-state index contributed by atoms with van der Waals surface area (Å²) < 4.78 is 0. The minimum absolute atomic E-state index is 0.109. The van der Waals surface area contributed by atoms with Gasteiger partial charge in [-0.2, -0.15) is 0 Å². The number of hydrogen-bond donors (Lipinski definition) is 2. The van der Waals surface area contributed by atoms with E-state index in [1.54, 1.807) is 0 Å². The third-order valence-corrected chi connectivity index (χ3v) is 3.73. The van der Waals surface area contributed by atoms with Crippen LogP contribution in [0.15, 0.2) is 11.6 Å².